The average Bonchev–Trinajstić information content (AvgIpc) is 3.02. The molecule has 2 heterocycles. The highest BCUT2D eigenvalue weighted by atomic mass is 32.2. The van der Waals surface area contributed by atoms with Gasteiger partial charge in [-0.15, -0.1) is 10.2 Å². The molecule has 0 N–H and O–H groups in total. The molecule has 1 saturated carbocycles. The monoisotopic (exact) mass is 366 g/mol. The Morgan fingerprint density at radius 1 is 1.24 bits per heavy atom. The quantitative estimate of drug-likeness (QED) is 0.750. The summed E-state index contributed by atoms with van der Waals surface area (Å²) in [5.41, 5.74) is 0. The number of ether oxygens (including phenoxy) is 1. The second kappa shape index (κ2) is 8.54. The number of aromatic nitrogens is 3. The summed E-state index contributed by atoms with van der Waals surface area (Å²) < 4.78 is 7.54. The molecule has 1 atom stereocenters. The molecular weight excluding hydrogens is 336 g/mol. The first-order chi connectivity index (χ1) is 12.1. The topological polar surface area (TPSA) is 60.3 Å². The van der Waals surface area contributed by atoms with Gasteiger partial charge in [-0.25, -0.2) is 0 Å². The number of hydrogen-bond acceptors (Lipinski definition) is 5. The fraction of sp³-hybridized carbons (Fsp3) is 0.833. The summed E-state index contributed by atoms with van der Waals surface area (Å²) in [6, 6.07) is 0. The van der Waals surface area contributed by atoms with Crippen molar-refractivity contribution in [3.05, 3.63) is 5.82 Å². The SMILES string of the molecule is CCSc1nnc([C@@H]2CCCN(C(=O)C3CCC(OC)CC3)C2)n1C. The molecule has 140 valence electrons. The Labute approximate surface area is 154 Å². The lowest BCUT2D eigenvalue weighted by molar-refractivity contribution is -0.138. The molecular formula is C18H30N4O2S. The van der Waals surface area contributed by atoms with E-state index in [1.165, 1.54) is 0 Å². The van der Waals surface area contributed by atoms with Crippen molar-refractivity contribution in [1.82, 2.24) is 19.7 Å². The van der Waals surface area contributed by atoms with Crippen LogP contribution in [0.5, 0.6) is 0 Å². The van der Waals surface area contributed by atoms with Gasteiger partial charge in [-0.1, -0.05) is 18.7 Å². The van der Waals surface area contributed by atoms with Crippen LogP contribution < -0.4 is 0 Å². The summed E-state index contributed by atoms with van der Waals surface area (Å²) in [5, 5.41) is 9.71. The Kier molecular flexibility index (Phi) is 6.39. The summed E-state index contributed by atoms with van der Waals surface area (Å²) in [6.45, 7) is 3.79. The standard InChI is InChI=1S/C18H30N4O2S/c1-4-25-18-20-19-16(21(18)2)14-6-5-11-22(12-14)17(23)13-7-9-15(24-3)10-8-13/h13-15H,4-12H2,1-3H3/t13?,14-,15?/m1/s1. The largest absolute Gasteiger partial charge is 0.381 e. The zero-order chi connectivity index (χ0) is 17.8. The van der Waals surface area contributed by atoms with Crippen molar-refractivity contribution in [2.24, 2.45) is 13.0 Å². The van der Waals surface area contributed by atoms with Crippen LogP contribution in [0.25, 0.3) is 0 Å². The highest BCUT2D eigenvalue weighted by Gasteiger charge is 2.33. The summed E-state index contributed by atoms with van der Waals surface area (Å²) in [6.07, 6.45) is 6.40. The van der Waals surface area contributed by atoms with Crippen LogP contribution in [0, 0.1) is 5.92 Å². The number of methoxy groups -OCH3 is 1. The van der Waals surface area contributed by atoms with Crippen molar-refractivity contribution < 1.29 is 9.53 Å². The molecule has 0 aromatic carbocycles. The van der Waals surface area contributed by atoms with Crippen LogP contribution in [0.3, 0.4) is 0 Å². The number of hydrogen-bond donors (Lipinski definition) is 0. The first kappa shape index (κ1) is 18.7. The molecule has 2 fully saturated rings. The maximum atomic E-state index is 13.0. The minimum atomic E-state index is 0.177. The molecule has 0 radical (unpaired) electrons. The van der Waals surface area contributed by atoms with Gasteiger partial charge in [-0.2, -0.15) is 0 Å². The van der Waals surface area contributed by atoms with Crippen LogP contribution in [0.15, 0.2) is 5.16 Å². The fourth-order valence-corrected chi connectivity index (χ4v) is 4.77. The van der Waals surface area contributed by atoms with Crippen molar-refractivity contribution in [1.29, 1.82) is 0 Å². The van der Waals surface area contributed by atoms with E-state index < -0.39 is 0 Å². The first-order valence-electron chi connectivity index (χ1n) is 9.47. The molecule has 1 saturated heterocycles. The molecule has 1 amide bonds. The minimum absolute atomic E-state index is 0.177. The molecule has 1 aliphatic carbocycles. The Morgan fingerprint density at radius 3 is 2.68 bits per heavy atom. The van der Waals surface area contributed by atoms with Crippen LogP contribution in [-0.2, 0) is 16.6 Å². The molecule has 25 heavy (non-hydrogen) atoms. The minimum Gasteiger partial charge on any atom is -0.381 e. The number of thioether (sulfide) groups is 1. The lowest BCUT2D eigenvalue weighted by Gasteiger charge is -2.36. The van der Waals surface area contributed by atoms with Crippen LogP contribution >= 0.6 is 11.8 Å². The van der Waals surface area contributed by atoms with Crippen LogP contribution in [0.1, 0.15) is 57.2 Å². The Bertz CT molecular complexity index is 584. The van der Waals surface area contributed by atoms with Gasteiger partial charge in [-0.3, -0.25) is 4.79 Å². The van der Waals surface area contributed by atoms with Crippen molar-refractivity contribution in [3.63, 3.8) is 0 Å². The predicted molar refractivity (Wildman–Crippen MR) is 98.7 cm³/mol. The number of carbonyl (C=O) groups is 1. The number of amides is 1. The number of nitrogens with zero attached hydrogens (tertiary/aromatic N) is 4. The summed E-state index contributed by atoms with van der Waals surface area (Å²) in [4.78, 5) is 15.0. The van der Waals surface area contributed by atoms with Gasteiger partial charge in [0.05, 0.1) is 6.10 Å². The summed E-state index contributed by atoms with van der Waals surface area (Å²) >= 11 is 1.72. The molecule has 1 aromatic rings. The highest BCUT2D eigenvalue weighted by Crippen LogP contribution is 2.32. The summed E-state index contributed by atoms with van der Waals surface area (Å²) in [5.74, 6) is 2.83. The van der Waals surface area contributed by atoms with Crippen LogP contribution in [0.2, 0.25) is 0 Å². The summed E-state index contributed by atoms with van der Waals surface area (Å²) in [7, 11) is 3.81. The molecule has 6 nitrogen and oxygen atoms in total. The van der Waals surface area contributed by atoms with Gasteiger partial charge in [-0.05, 0) is 44.3 Å². The van der Waals surface area contributed by atoms with Gasteiger partial charge < -0.3 is 14.2 Å². The van der Waals surface area contributed by atoms with Gasteiger partial charge in [0.25, 0.3) is 0 Å². The van der Waals surface area contributed by atoms with Crippen molar-refractivity contribution in [2.45, 2.75) is 62.6 Å². The number of piperidine rings is 1. The van der Waals surface area contributed by atoms with E-state index in [0.717, 1.165) is 68.3 Å². The van der Waals surface area contributed by atoms with Gasteiger partial charge in [0.2, 0.25) is 5.91 Å². The maximum absolute atomic E-state index is 13.0. The maximum Gasteiger partial charge on any atom is 0.225 e. The van der Waals surface area contributed by atoms with E-state index in [1.54, 1.807) is 18.9 Å². The van der Waals surface area contributed by atoms with E-state index in [2.05, 4.69) is 26.6 Å². The second-order valence-electron chi connectivity index (χ2n) is 7.17. The number of rotatable bonds is 5. The van der Waals surface area contributed by atoms with Gasteiger partial charge in [0.15, 0.2) is 5.16 Å². The molecule has 0 unspecified atom stereocenters. The highest BCUT2D eigenvalue weighted by molar-refractivity contribution is 7.99. The van der Waals surface area contributed by atoms with Crippen molar-refractivity contribution in [3.8, 4) is 0 Å². The van der Waals surface area contributed by atoms with Crippen LogP contribution in [-0.4, -0.2) is 57.6 Å². The first-order valence-corrected chi connectivity index (χ1v) is 10.5. The third kappa shape index (κ3) is 4.19. The van der Waals surface area contributed by atoms with E-state index >= 15 is 0 Å². The normalized spacial score (nSPS) is 27.5. The van der Waals surface area contributed by atoms with Crippen molar-refractivity contribution in [2.75, 3.05) is 26.0 Å². The van der Waals surface area contributed by atoms with Gasteiger partial charge in [0.1, 0.15) is 5.82 Å². The molecule has 1 aliphatic heterocycles. The molecule has 0 spiro atoms. The lowest BCUT2D eigenvalue weighted by Crippen LogP contribution is -2.44. The zero-order valence-electron chi connectivity index (χ0n) is 15.6. The molecule has 7 heteroatoms. The average molecular weight is 367 g/mol. The number of carbonyl (C=O) groups excluding carboxylic acids is 1. The van der Waals surface area contributed by atoms with Crippen molar-refractivity contribution >= 4 is 17.7 Å². The Hall–Kier alpha value is -1.08. The lowest BCUT2D eigenvalue weighted by atomic mass is 9.85. The molecule has 0 bridgehead atoms. The van der Waals surface area contributed by atoms with Gasteiger partial charge in [0, 0.05) is 39.1 Å². The molecule has 2 aliphatic rings. The van der Waals surface area contributed by atoms with Gasteiger partial charge >= 0.3 is 0 Å². The Morgan fingerprint density at radius 2 is 2.00 bits per heavy atom. The van der Waals surface area contributed by atoms with E-state index in [9.17, 15) is 4.79 Å². The third-order valence-electron chi connectivity index (χ3n) is 5.60. The molecule has 3 rings (SSSR count). The fourth-order valence-electron chi connectivity index (χ4n) is 4.13. The van der Waals surface area contributed by atoms with Crippen LogP contribution in [0.4, 0.5) is 0 Å². The van der Waals surface area contributed by atoms with E-state index in [4.69, 9.17) is 4.74 Å². The van der Waals surface area contributed by atoms with E-state index in [1.807, 2.05) is 7.05 Å². The Balaban J connectivity index is 1.62. The van der Waals surface area contributed by atoms with E-state index in [0.29, 0.717) is 17.9 Å². The predicted octanol–water partition coefficient (Wildman–Crippen LogP) is 2.84. The smallest absolute Gasteiger partial charge is 0.225 e. The van der Waals surface area contributed by atoms with E-state index in [-0.39, 0.29) is 5.92 Å². The zero-order valence-corrected chi connectivity index (χ0v) is 16.4. The molecule has 1 aromatic heterocycles. The second-order valence-corrected chi connectivity index (χ2v) is 8.40. The number of likely N-dealkylation sites (tertiary alicyclic amines) is 1. The third-order valence-corrected chi connectivity index (χ3v) is 6.50.